The molecule has 4 atom stereocenters. The van der Waals surface area contributed by atoms with Crippen molar-refractivity contribution in [2.45, 2.75) is 30.9 Å². The maximum atomic E-state index is 6.15. The molecule has 4 aliphatic heterocycles. The number of likely N-dealkylation sites (tertiary alicyclic amines) is 1. The highest BCUT2D eigenvalue weighted by Gasteiger charge is 2.45. The number of hydrogen-bond acceptors (Lipinski definition) is 4. The van der Waals surface area contributed by atoms with Crippen LogP contribution in [-0.2, 0) is 4.74 Å². The summed E-state index contributed by atoms with van der Waals surface area (Å²) in [5, 5.41) is 3.54. The lowest BCUT2D eigenvalue weighted by atomic mass is 9.89. The van der Waals surface area contributed by atoms with Crippen molar-refractivity contribution < 1.29 is 4.74 Å². The second-order valence-corrected chi connectivity index (χ2v) is 7.72. The standard InChI is InChI=1S/C14H24N2OS/c1-3-17-14(2-4-18-10-14)5-13(1)16-8-11-6-15-7-12(11)9-16/h11-13,15H,1-10H2/t11-,12+,13?,14?. The lowest BCUT2D eigenvalue weighted by Crippen LogP contribution is -2.48. The minimum absolute atomic E-state index is 0.254. The van der Waals surface area contributed by atoms with E-state index in [1.807, 2.05) is 0 Å². The molecule has 0 aromatic heterocycles. The maximum absolute atomic E-state index is 6.15. The van der Waals surface area contributed by atoms with Gasteiger partial charge in [0.25, 0.3) is 0 Å². The van der Waals surface area contributed by atoms with Crippen LogP contribution in [0.5, 0.6) is 0 Å². The quantitative estimate of drug-likeness (QED) is 0.772. The van der Waals surface area contributed by atoms with Gasteiger partial charge in [0.05, 0.1) is 5.60 Å². The molecule has 4 rings (SSSR count). The third kappa shape index (κ3) is 2.01. The third-order valence-electron chi connectivity index (χ3n) is 5.47. The number of ether oxygens (including phenoxy) is 1. The zero-order valence-corrected chi connectivity index (χ0v) is 11.9. The van der Waals surface area contributed by atoms with E-state index in [0.29, 0.717) is 0 Å². The molecule has 4 heteroatoms. The van der Waals surface area contributed by atoms with Crippen LogP contribution in [0.25, 0.3) is 0 Å². The fraction of sp³-hybridized carbons (Fsp3) is 1.00. The van der Waals surface area contributed by atoms with Gasteiger partial charge in [-0.2, -0.15) is 11.8 Å². The highest BCUT2D eigenvalue weighted by Crippen LogP contribution is 2.41. The van der Waals surface area contributed by atoms with Crippen molar-refractivity contribution in [3.63, 3.8) is 0 Å². The summed E-state index contributed by atoms with van der Waals surface area (Å²) in [4.78, 5) is 2.80. The monoisotopic (exact) mass is 268 g/mol. The molecule has 18 heavy (non-hydrogen) atoms. The van der Waals surface area contributed by atoms with E-state index >= 15 is 0 Å². The average Bonchev–Trinajstić information content (AvgIpc) is 3.04. The first-order valence-electron chi connectivity index (χ1n) is 7.51. The van der Waals surface area contributed by atoms with Gasteiger partial charge in [0.1, 0.15) is 0 Å². The van der Waals surface area contributed by atoms with Crippen LogP contribution < -0.4 is 5.32 Å². The summed E-state index contributed by atoms with van der Waals surface area (Å²) >= 11 is 2.09. The van der Waals surface area contributed by atoms with Crippen LogP contribution in [0, 0.1) is 11.8 Å². The van der Waals surface area contributed by atoms with Gasteiger partial charge in [0.15, 0.2) is 0 Å². The zero-order chi connectivity index (χ0) is 12.0. The van der Waals surface area contributed by atoms with Gasteiger partial charge in [-0.1, -0.05) is 0 Å². The number of fused-ring (bicyclic) bond motifs is 1. The Morgan fingerprint density at radius 3 is 2.78 bits per heavy atom. The molecular formula is C14H24N2OS. The summed E-state index contributed by atoms with van der Waals surface area (Å²) in [6, 6.07) is 0.808. The number of nitrogens with zero attached hydrogens (tertiary/aromatic N) is 1. The van der Waals surface area contributed by atoms with E-state index in [1.165, 1.54) is 56.9 Å². The lowest BCUT2D eigenvalue weighted by molar-refractivity contribution is -0.0875. The summed E-state index contributed by atoms with van der Waals surface area (Å²) in [5.41, 5.74) is 0.254. The van der Waals surface area contributed by atoms with Gasteiger partial charge in [0.2, 0.25) is 0 Å². The number of rotatable bonds is 1. The Bertz CT molecular complexity index is 307. The molecule has 4 heterocycles. The van der Waals surface area contributed by atoms with Gasteiger partial charge in [0, 0.05) is 31.5 Å². The van der Waals surface area contributed by atoms with Crippen molar-refractivity contribution in [3.8, 4) is 0 Å². The molecule has 0 bridgehead atoms. The topological polar surface area (TPSA) is 24.5 Å². The van der Waals surface area contributed by atoms with Crippen LogP contribution in [0.4, 0.5) is 0 Å². The van der Waals surface area contributed by atoms with Gasteiger partial charge in [-0.15, -0.1) is 0 Å². The minimum Gasteiger partial charge on any atom is -0.374 e. The Morgan fingerprint density at radius 2 is 2.06 bits per heavy atom. The van der Waals surface area contributed by atoms with Crippen LogP contribution in [-0.4, -0.2) is 60.8 Å². The molecule has 0 amide bonds. The molecule has 4 saturated heterocycles. The number of thioether (sulfide) groups is 1. The summed E-state index contributed by atoms with van der Waals surface area (Å²) in [7, 11) is 0. The average molecular weight is 268 g/mol. The van der Waals surface area contributed by atoms with E-state index in [-0.39, 0.29) is 5.60 Å². The third-order valence-corrected chi connectivity index (χ3v) is 6.69. The van der Waals surface area contributed by atoms with E-state index < -0.39 is 0 Å². The SMILES string of the molecule is C1CC(N2C[C@H]3CNC[C@H]3C2)CC2(CCSC2)O1. The van der Waals surface area contributed by atoms with Gasteiger partial charge in [-0.25, -0.2) is 0 Å². The van der Waals surface area contributed by atoms with E-state index in [1.54, 1.807) is 0 Å². The molecule has 0 aliphatic carbocycles. The first-order valence-corrected chi connectivity index (χ1v) is 8.67. The Morgan fingerprint density at radius 1 is 1.22 bits per heavy atom. The largest absolute Gasteiger partial charge is 0.374 e. The van der Waals surface area contributed by atoms with Crippen LogP contribution in [0.15, 0.2) is 0 Å². The smallest absolute Gasteiger partial charge is 0.0795 e. The van der Waals surface area contributed by atoms with Crippen molar-refractivity contribution in [1.82, 2.24) is 10.2 Å². The van der Waals surface area contributed by atoms with Crippen LogP contribution in [0.2, 0.25) is 0 Å². The Balaban J connectivity index is 1.42. The van der Waals surface area contributed by atoms with Crippen molar-refractivity contribution in [2.24, 2.45) is 11.8 Å². The van der Waals surface area contributed by atoms with Crippen molar-refractivity contribution >= 4 is 11.8 Å². The van der Waals surface area contributed by atoms with Crippen LogP contribution >= 0.6 is 11.8 Å². The summed E-state index contributed by atoms with van der Waals surface area (Å²) < 4.78 is 6.15. The molecule has 1 spiro atoms. The lowest BCUT2D eigenvalue weighted by Gasteiger charge is -2.41. The molecule has 1 N–H and O–H groups in total. The fourth-order valence-electron chi connectivity index (χ4n) is 4.37. The number of hydrogen-bond donors (Lipinski definition) is 1. The summed E-state index contributed by atoms with van der Waals surface area (Å²) in [5.74, 6) is 4.41. The van der Waals surface area contributed by atoms with Crippen LogP contribution in [0.3, 0.4) is 0 Å². The molecule has 0 aromatic rings. The molecule has 0 aromatic carbocycles. The molecule has 0 saturated carbocycles. The van der Waals surface area contributed by atoms with Gasteiger partial charge < -0.3 is 10.1 Å². The van der Waals surface area contributed by atoms with E-state index in [2.05, 4.69) is 22.0 Å². The van der Waals surface area contributed by atoms with Crippen molar-refractivity contribution in [2.75, 3.05) is 44.3 Å². The Labute approximate surface area is 114 Å². The second kappa shape index (κ2) is 4.65. The fourth-order valence-corrected chi connectivity index (χ4v) is 5.74. The van der Waals surface area contributed by atoms with Crippen LogP contribution in [0.1, 0.15) is 19.3 Å². The van der Waals surface area contributed by atoms with Gasteiger partial charge in [-0.3, -0.25) is 4.90 Å². The zero-order valence-electron chi connectivity index (χ0n) is 11.1. The van der Waals surface area contributed by atoms with E-state index in [0.717, 1.165) is 24.5 Å². The molecule has 0 radical (unpaired) electrons. The Kier molecular flexibility index (Phi) is 3.10. The predicted molar refractivity (Wildman–Crippen MR) is 75.1 cm³/mol. The maximum Gasteiger partial charge on any atom is 0.0795 e. The van der Waals surface area contributed by atoms with Gasteiger partial charge in [-0.05, 0) is 49.9 Å². The first kappa shape index (κ1) is 12.0. The predicted octanol–water partition coefficient (Wildman–Crippen LogP) is 1.19. The first-order chi connectivity index (χ1) is 8.85. The minimum atomic E-state index is 0.254. The molecule has 4 fully saturated rings. The molecule has 4 aliphatic rings. The normalized spacial score (nSPS) is 49.0. The van der Waals surface area contributed by atoms with Crippen molar-refractivity contribution in [3.05, 3.63) is 0 Å². The Hall–Kier alpha value is 0.230. The highest BCUT2D eigenvalue weighted by atomic mass is 32.2. The molecule has 102 valence electrons. The molecule has 2 unspecified atom stereocenters. The summed E-state index contributed by atoms with van der Waals surface area (Å²) in [6.07, 6.45) is 3.85. The second-order valence-electron chi connectivity index (χ2n) is 6.61. The van der Waals surface area contributed by atoms with Crippen molar-refractivity contribution in [1.29, 1.82) is 0 Å². The van der Waals surface area contributed by atoms with Gasteiger partial charge >= 0.3 is 0 Å². The van der Waals surface area contributed by atoms with E-state index in [4.69, 9.17) is 4.74 Å². The molecule has 3 nitrogen and oxygen atoms in total. The summed E-state index contributed by atoms with van der Waals surface area (Å²) in [6.45, 7) is 6.18. The number of nitrogens with one attached hydrogen (secondary N) is 1. The van der Waals surface area contributed by atoms with E-state index in [9.17, 15) is 0 Å². The highest BCUT2D eigenvalue weighted by molar-refractivity contribution is 7.99. The molecular weight excluding hydrogens is 244 g/mol.